The van der Waals surface area contributed by atoms with Crippen molar-refractivity contribution in [3.05, 3.63) is 47.9 Å². The number of benzene rings is 1. The number of hydrogen-bond acceptors (Lipinski definition) is 4. The van der Waals surface area contributed by atoms with Crippen LogP contribution in [0, 0.1) is 5.82 Å². The van der Waals surface area contributed by atoms with Crippen LogP contribution in [-0.4, -0.2) is 18.6 Å². The molecule has 0 spiro atoms. The third-order valence-electron chi connectivity index (χ3n) is 2.92. The Hall–Kier alpha value is -2.14. The molecular weight excluding hydrogens is 247 g/mol. The van der Waals surface area contributed by atoms with Crippen molar-refractivity contribution in [3.8, 4) is 17.4 Å². The van der Waals surface area contributed by atoms with Crippen LogP contribution in [0.5, 0.6) is 17.4 Å². The van der Waals surface area contributed by atoms with Crippen molar-refractivity contribution in [1.29, 1.82) is 0 Å². The molecule has 1 aliphatic rings. The van der Waals surface area contributed by atoms with Crippen molar-refractivity contribution in [2.75, 3.05) is 13.6 Å². The lowest BCUT2D eigenvalue weighted by atomic mass is 10.1. The maximum atomic E-state index is 13.4. The lowest BCUT2D eigenvalue weighted by molar-refractivity contribution is 0.198. The van der Waals surface area contributed by atoms with Crippen molar-refractivity contribution >= 4 is 0 Å². The summed E-state index contributed by atoms with van der Waals surface area (Å²) in [7, 11) is 1.83. The molecule has 19 heavy (non-hydrogen) atoms. The standard InChI is InChI=1S/C14H13FN2O2/c1-16-8-13-10-5-4-9(15)7-12(10)18-11-3-2-6-17-14(11)19-13/h2-7,13,16H,8H2,1H3/t13-/m1/s1. The zero-order chi connectivity index (χ0) is 13.2. The van der Waals surface area contributed by atoms with Crippen LogP contribution in [0.1, 0.15) is 11.7 Å². The molecule has 1 aromatic carbocycles. The smallest absolute Gasteiger partial charge is 0.258 e. The summed E-state index contributed by atoms with van der Waals surface area (Å²) in [6, 6.07) is 7.94. The second-order valence-corrected chi connectivity index (χ2v) is 4.26. The van der Waals surface area contributed by atoms with E-state index in [4.69, 9.17) is 9.47 Å². The molecule has 0 amide bonds. The Morgan fingerprint density at radius 3 is 3.05 bits per heavy atom. The van der Waals surface area contributed by atoms with Gasteiger partial charge in [-0.25, -0.2) is 9.37 Å². The van der Waals surface area contributed by atoms with E-state index in [1.54, 1.807) is 24.4 Å². The van der Waals surface area contributed by atoms with Gasteiger partial charge in [-0.1, -0.05) is 0 Å². The van der Waals surface area contributed by atoms with E-state index < -0.39 is 0 Å². The first-order valence-electron chi connectivity index (χ1n) is 6.01. The first-order chi connectivity index (χ1) is 9.28. The van der Waals surface area contributed by atoms with Gasteiger partial charge in [0, 0.05) is 24.4 Å². The summed E-state index contributed by atoms with van der Waals surface area (Å²) in [5, 5.41) is 3.05. The molecule has 1 aliphatic heterocycles. The van der Waals surface area contributed by atoms with E-state index in [1.807, 2.05) is 7.05 Å². The van der Waals surface area contributed by atoms with Crippen molar-refractivity contribution in [2.24, 2.45) is 0 Å². The summed E-state index contributed by atoms with van der Waals surface area (Å²) in [6.45, 7) is 0.581. The maximum absolute atomic E-state index is 13.4. The van der Waals surface area contributed by atoms with Crippen LogP contribution < -0.4 is 14.8 Å². The number of likely N-dealkylation sites (N-methyl/N-ethyl adjacent to an activating group) is 1. The number of nitrogens with one attached hydrogen (secondary N) is 1. The Kier molecular flexibility index (Phi) is 3.05. The SMILES string of the molecule is CNC[C@H]1Oc2ncccc2Oc2cc(F)ccc21. The number of hydrogen-bond donors (Lipinski definition) is 1. The third kappa shape index (κ3) is 2.24. The van der Waals surface area contributed by atoms with Gasteiger partial charge in [-0.05, 0) is 31.3 Å². The highest BCUT2D eigenvalue weighted by molar-refractivity contribution is 5.45. The van der Waals surface area contributed by atoms with Gasteiger partial charge >= 0.3 is 0 Å². The van der Waals surface area contributed by atoms with E-state index in [2.05, 4.69) is 10.3 Å². The Balaban J connectivity index is 2.10. The first kappa shape index (κ1) is 11.9. The van der Waals surface area contributed by atoms with Gasteiger partial charge in [0.15, 0.2) is 5.75 Å². The highest BCUT2D eigenvalue weighted by Gasteiger charge is 2.25. The van der Waals surface area contributed by atoms with Crippen molar-refractivity contribution in [2.45, 2.75) is 6.10 Å². The summed E-state index contributed by atoms with van der Waals surface area (Å²) in [5.41, 5.74) is 0.800. The van der Waals surface area contributed by atoms with Gasteiger partial charge in [-0.3, -0.25) is 0 Å². The monoisotopic (exact) mass is 260 g/mol. The van der Waals surface area contributed by atoms with E-state index in [1.165, 1.54) is 12.1 Å². The molecule has 0 saturated carbocycles. The Morgan fingerprint density at radius 2 is 2.21 bits per heavy atom. The highest BCUT2D eigenvalue weighted by Crippen LogP contribution is 2.40. The molecule has 1 aromatic heterocycles. The number of ether oxygens (including phenoxy) is 2. The molecule has 0 aliphatic carbocycles. The second kappa shape index (κ2) is 4.85. The minimum atomic E-state index is -0.339. The fourth-order valence-corrected chi connectivity index (χ4v) is 2.06. The Bertz CT molecular complexity index is 604. The minimum Gasteiger partial charge on any atom is -0.465 e. The van der Waals surface area contributed by atoms with Crippen LogP contribution in [0.2, 0.25) is 0 Å². The van der Waals surface area contributed by atoms with E-state index in [-0.39, 0.29) is 11.9 Å². The minimum absolute atomic E-state index is 0.267. The fraction of sp³-hybridized carbons (Fsp3) is 0.214. The third-order valence-corrected chi connectivity index (χ3v) is 2.92. The summed E-state index contributed by atoms with van der Waals surface area (Å²) in [6.07, 6.45) is 1.37. The number of aromatic nitrogens is 1. The van der Waals surface area contributed by atoms with E-state index in [0.717, 1.165) is 5.56 Å². The van der Waals surface area contributed by atoms with Crippen molar-refractivity contribution in [3.63, 3.8) is 0 Å². The number of rotatable bonds is 2. The van der Waals surface area contributed by atoms with Gasteiger partial charge in [0.1, 0.15) is 17.7 Å². The largest absolute Gasteiger partial charge is 0.465 e. The summed E-state index contributed by atoms with van der Waals surface area (Å²) in [5.74, 6) is 1.04. The van der Waals surface area contributed by atoms with Crippen LogP contribution >= 0.6 is 0 Å². The predicted molar refractivity (Wildman–Crippen MR) is 68.0 cm³/mol. The molecule has 98 valence electrons. The van der Waals surface area contributed by atoms with Crippen molar-refractivity contribution in [1.82, 2.24) is 10.3 Å². The quantitative estimate of drug-likeness (QED) is 0.901. The number of pyridine rings is 1. The zero-order valence-electron chi connectivity index (χ0n) is 10.4. The van der Waals surface area contributed by atoms with Crippen LogP contribution in [0.3, 0.4) is 0 Å². The Labute approximate surface area is 110 Å². The van der Waals surface area contributed by atoms with E-state index >= 15 is 0 Å². The average Bonchev–Trinajstić information content (AvgIpc) is 2.55. The highest BCUT2D eigenvalue weighted by atomic mass is 19.1. The zero-order valence-corrected chi connectivity index (χ0v) is 10.4. The lowest BCUT2D eigenvalue weighted by Gasteiger charge is -2.16. The molecule has 1 atom stereocenters. The van der Waals surface area contributed by atoms with Crippen LogP contribution in [0.4, 0.5) is 4.39 Å². The van der Waals surface area contributed by atoms with Gasteiger partial charge in [-0.2, -0.15) is 0 Å². The van der Waals surface area contributed by atoms with Crippen LogP contribution in [0.15, 0.2) is 36.5 Å². The second-order valence-electron chi connectivity index (χ2n) is 4.26. The molecule has 4 nitrogen and oxygen atoms in total. The average molecular weight is 260 g/mol. The molecular formula is C14H13FN2O2. The molecule has 0 unspecified atom stereocenters. The number of fused-ring (bicyclic) bond motifs is 2. The predicted octanol–water partition coefficient (Wildman–Crippen LogP) is 2.67. The van der Waals surface area contributed by atoms with Crippen LogP contribution in [-0.2, 0) is 0 Å². The summed E-state index contributed by atoms with van der Waals surface area (Å²) in [4.78, 5) is 4.15. The van der Waals surface area contributed by atoms with Gasteiger partial charge in [0.25, 0.3) is 5.88 Å². The molecule has 0 radical (unpaired) electrons. The van der Waals surface area contributed by atoms with Gasteiger partial charge in [0.2, 0.25) is 0 Å². The fourth-order valence-electron chi connectivity index (χ4n) is 2.06. The lowest BCUT2D eigenvalue weighted by Crippen LogP contribution is -2.21. The number of nitrogens with zero attached hydrogens (tertiary/aromatic N) is 1. The molecule has 0 saturated heterocycles. The Morgan fingerprint density at radius 1 is 1.32 bits per heavy atom. The van der Waals surface area contributed by atoms with E-state index in [0.29, 0.717) is 23.9 Å². The van der Waals surface area contributed by atoms with Crippen molar-refractivity contribution < 1.29 is 13.9 Å². The topological polar surface area (TPSA) is 43.4 Å². The molecule has 3 rings (SSSR count). The van der Waals surface area contributed by atoms with E-state index in [9.17, 15) is 4.39 Å². The molecule has 2 aromatic rings. The van der Waals surface area contributed by atoms with Gasteiger partial charge in [-0.15, -0.1) is 0 Å². The summed E-state index contributed by atoms with van der Waals surface area (Å²) < 4.78 is 24.9. The normalized spacial score (nSPS) is 16.6. The molecule has 0 fully saturated rings. The van der Waals surface area contributed by atoms with Gasteiger partial charge < -0.3 is 14.8 Å². The molecule has 5 heteroatoms. The molecule has 2 heterocycles. The van der Waals surface area contributed by atoms with Gasteiger partial charge in [0.05, 0.1) is 0 Å². The first-order valence-corrected chi connectivity index (χ1v) is 6.01. The summed E-state index contributed by atoms with van der Waals surface area (Å²) >= 11 is 0. The number of halogens is 1. The van der Waals surface area contributed by atoms with Crippen LogP contribution in [0.25, 0.3) is 0 Å². The maximum Gasteiger partial charge on any atom is 0.258 e. The molecule has 0 bridgehead atoms. The molecule has 1 N–H and O–H groups in total.